The Morgan fingerprint density at radius 1 is 1.21 bits per heavy atom. The quantitative estimate of drug-likeness (QED) is 0.445. The van der Waals surface area contributed by atoms with Gasteiger partial charge in [-0.1, -0.05) is 12.1 Å². The highest BCUT2D eigenvalue weighted by molar-refractivity contribution is 6.14. The van der Waals surface area contributed by atoms with Crippen LogP contribution in [0.25, 0.3) is 11.7 Å². The average Bonchev–Trinajstić information content (AvgIpc) is 3.33. The molecule has 2 aliphatic rings. The first-order chi connectivity index (χ1) is 14.1. The topological polar surface area (TPSA) is 123 Å². The molecule has 3 amide bonds. The first kappa shape index (κ1) is 17.1. The van der Waals surface area contributed by atoms with Crippen LogP contribution < -0.4 is 20.7 Å². The molecule has 0 bridgehead atoms. The van der Waals surface area contributed by atoms with E-state index in [2.05, 4.69) is 31.0 Å². The van der Waals surface area contributed by atoms with Crippen molar-refractivity contribution in [3.8, 4) is 11.8 Å². The van der Waals surface area contributed by atoms with Crippen LogP contribution in [-0.4, -0.2) is 37.6 Å². The molecular weight excluding hydrogens is 381 g/mol. The maximum atomic E-state index is 14.0. The number of carbonyl (C=O) groups is 2. The van der Waals surface area contributed by atoms with Gasteiger partial charge in [0.1, 0.15) is 5.70 Å². The van der Waals surface area contributed by atoms with Crippen molar-refractivity contribution in [3.05, 3.63) is 47.5 Å². The van der Waals surface area contributed by atoms with Gasteiger partial charge in [0.25, 0.3) is 5.91 Å². The Kier molecular flexibility index (Phi) is 3.86. The summed E-state index contributed by atoms with van der Waals surface area (Å²) in [5, 5.41) is 12.0. The average molecular weight is 395 g/mol. The number of urea groups is 1. The second-order valence-corrected chi connectivity index (χ2v) is 6.58. The molecule has 0 radical (unpaired) electrons. The van der Waals surface area contributed by atoms with Crippen LogP contribution in [0.4, 0.5) is 15.1 Å². The number of hydrogen-bond acceptors (Lipinski definition) is 7. The van der Waals surface area contributed by atoms with Crippen LogP contribution >= 0.6 is 0 Å². The Bertz CT molecular complexity index is 1190. The minimum Gasteiger partial charge on any atom is -0.421 e. The number of carbonyl (C=O) groups excluding carboxylic acids is 2. The third kappa shape index (κ3) is 3.33. The van der Waals surface area contributed by atoms with Crippen molar-refractivity contribution in [2.24, 2.45) is 0 Å². The molecule has 0 spiro atoms. The first-order valence-electron chi connectivity index (χ1n) is 8.85. The normalized spacial score (nSPS) is 17.5. The highest BCUT2D eigenvalue weighted by atomic mass is 19.1. The maximum absolute atomic E-state index is 14.0. The largest absolute Gasteiger partial charge is 0.421 e. The second-order valence-electron chi connectivity index (χ2n) is 6.58. The van der Waals surface area contributed by atoms with E-state index >= 15 is 0 Å². The number of anilines is 1. The zero-order valence-electron chi connectivity index (χ0n) is 14.8. The van der Waals surface area contributed by atoms with Crippen LogP contribution in [0.2, 0.25) is 0 Å². The van der Waals surface area contributed by atoms with Gasteiger partial charge in [-0.05, 0) is 31.1 Å². The summed E-state index contributed by atoms with van der Waals surface area (Å²) in [6.07, 6.45) is 4.93. The van der Waals surface area contributed by atoms with Crippen molar-refractivity contribution in [2.45, 2.75) is 18.9 Å². The lowest BCUT2D eigenvalue weighted by Gasteiger charge is -2.09. The monoisotopic (exact) mass is 395 g/mol. The van der Waals surface area contributed by atoms with E-state index in [0.29, 0.717) is 17.2 Å². The molecule has 3 heterocycles. The summed E-state index contributed by atoms with van der Waals surface area (Å²) in [6, 6.07) is 5.50. The van der Waals surface area contributed by atoms with Crippen LogP contribution in [0, 0.1) is 5.82 Å². The van der Waals surface area contributed by atoms with Gasteiger partial charge in [-0.25, -0.2) is 9.18 Å². The van der Waals surface area contributed by atoms with Gasteiger partial charge in [-0.2, -0.15) is 19.6 Å². The summed E-state index contributed by atoms with van der Waals surface area (Å²) in [7, 11) is 0. The molecule has 0 unspecified atom stereocenters. The van der Waals surface area contributed by atoms with E-state index in [1.54, 1.807) is 12.1 Å². The molecule has 11 heteroatoms. The minimum absolute atomic E-state index is 0.0175. The van der Waals surface area contributed by atoms with Gasteiger partial charge in [0, 0.05) is 11.6 Å². The number of para-hydroxylation sites is 1. The predicted octanol–water partition coefficient (Wildman–Crippen LogP) is 1.81. The van der Waals surface area contributed by atoms with Crippen LogP contribution in [0.1, 0.15) is 18.4 Å². The van der Waals surface area contributed by atoms with E-state index < -0.39 is 17.8 Å². The molecule has 2 fully saturated rings. The number of nitrogens with one attached hydrogen (secondary N) is 3. The van der Waals surface area contributed by atoms with Gasteiger partial charge in [-0.15, -0.1) is 0 Å². The third-order valence-electron chi connectivity index (χ3n) is 4.34. The van der Waals surface area contributed by atoms with Gasteiger partial charge in [-0.3, -0.25) is 10.1 Å². The van der Waals surface area contributed by atoms with Crippen molar-refractivity contribution in [1.29, 1.82) is 0 Å². The van der Waals surface area contributed by atoms with Gasteiger partial charge in [0.05, 0.1) is 6.20 Å². The number of hydrogen-bond donors (Lipinski definition) is 3. The number of rotatable bonds is 5. The molecule has 146 valence electrons. The molecule has 3 aromatic rings. The summed E-state index contributed by atoms with van der Waals surface area (Å²) < 4.78 is 21.0. The molecule has 0 atom stereocenters. The predicted molar refractivity (Wildman–Crippen MR) is 98.6 cm³/mol. The Morgan fingerprint density at radius 3 is 2.76 bits per heavy atom. The van der Waals surface area contributed by atoms with E-state index in [9.17, 15) is 14.0 Å². The molecule has 2 aromatic heterocycles. The van der Waals surface area contributed by atoms with E-state index in [1.165, 1.54) is 28.9 Å². The zero-order valence-corrected chi connectivity index (χ0v) is 14.8. The standard InChI is InChI=1S/C18H14FN7O3/c19-11-3-1-2-4-13(11)29-18-23-14-9(7-12-15(27)24-17(28)22-12)8-20-26(14)16(25-18)21-10-5-6-10/h1-4,7-8,10H,5-6H2,(H,21,23,25)(H2,22,24,27,28)/b12-7-. The van der Waals surface area contributed by atoms with Crippen molar-refractivity contribution >= 4 is 29.6 Å². The summed E-state index contributed by atoms with van der Waals surface area (Å²) in [6.45, 7) is 0. The second kappa shape index (κ2) is 6.55. The number of imide groups is 1. The number of benzene rings is 1. The lowest BCUT2D eigenvalue weighted by molar-refractivity contribution is -0.115. The molecule has 1 saturated heterocycles. The van der Waals surface area contributed by atoms with E-state index in [1.807, 2.05) is 0 Å². The van der Waals surface area contributed by atoms with Gasteiger partial charge in [0.2, 0.25) is 5.95 Å². The van der Waals surface area contributed by atoms with Gasteiger partial charge < -0.3 is 15.4 Å². The summed E-state index contributed by atoms with van der Waals surface area (Å²) in [5.41, 5.74) is 0.852. The van der Waals surface area contributed by atoms with Crippen LogP contribution in [-0.2, 0) is 4.79 Å². The van der Waals surface area contributed by atoms with Crippen molar-refractivity contribution in [1.82, 2.24) is 30.2 Å². The number of aromatic nitrogens is 4. The SMILES string of the molecule is O=C1NC(=O)/C(=C/c2cnn3c(NC4CC4)nc(Oc4ccccc4F)nc23)N1. The molecule has 1 aliphatic heterocycles. The van der Waals surface area contributed by atoms with E-state index in [-0.39, 0.29) is 23.5 Å². The fraction of sp³-hybridized carbons (Fsp3) is 0.167. The Morgan fingerprint density at radius 2 is 2.03 bits per heavy atom. The molecular formula is C18H14FN7O3. The minimum atomic E-state index is -0.605. The Balaban J connectivity index is 1.59. The third-order valence-corrected chi connectivity index (χ3v) is 4.34. The molecule has 1 saturated carbocycles. The first-order valence-corrected chi connectivity index (χ1v) is 8.85. The highest BCUT2D eigenvalue weighted by Crippen LogP contribution is 2.28. The molecule has 5 rings (SSSR count). The van der Waals surface area contributed by atoms with E-state index in [4.69, 9.17) is 4.74 Å². The van der Waals surface area contributed by atoms with Crippen LogP contribution in [0.3, 0.4) is 0 Å². The smallest absolute Gasteiger partial charge is 0.327 e. The van der Waals surface area contributed by atoms with Gasteiger partial charge >= 0.3 is 12.0 Å². The fourth-order valence-electron chi connectivity index (χ4n) is 2.79. The van der Waals surface area contributed by atoms with Crippen LogP contribution in [0.15, 0.2) is 36.2 Å². The molecule has 10 nitrogen and oxygen atoms in total. The van der Waals surface area contributed by atoms with Gasteiger partial charge in [0.15, 0.2) is 17.2 Å². The number of amides is 3. The number of ether oxygens (including phenoxy) is 1. The van der Waals surface area contributed by atoms with Crippen molar-refractivity contribution in [2.75, 3.05) is 5.32 Å². The zero-order chi connectivity index (χ0) is 20.0. The van der Waals surface area contributed by atoms with E-state index in [0.717, 1.165) is 12.8 Å². The lowest BCUT2D eigenvalue weighted by Crippen LogP contribution is -2.22. The molecule has 29 heavy (non-hydrogen) atoms. The lowest BCUT2D eigenvalue weighted by atomic mass is 10.2. The molecule has 1 aliphatic carbocycles. The molecule has 1 aromatic carbocycles. The number of halogens is 1. The summed E-state index contributed by atoms with van der Waals surface area (Å²) in [5.74, 6) is -0.735. The fourth-order valence-corrected chi connectivity index (χ4v) is 2.79. The van der Waals surface area contributed by atoms with Crippen LogP contribution in [0.5, 0.6) is 11.8 Å². The number of nitrogens with zero attached hydrogens (tertiary/aromatic N) is 4. The summed E-state index contributed by atoms with van der Waals surface area (Å²) >= 11 is 0. The number of fused-ring (bicyclic) bond motifs is 1. The molecule has 3 N–H and O–H groups in total. The highest BCUT2D eigenvalue weighted by Gasteiger charge is 2.26. The maximum Gasteiger partial charge on any atom is 0.327 e. The van der Waals surface area contributed by atoms with Crippen molar-refractivity contribution in [3.63, 3.8) is 0 Å². The van der Waals surface area contributed by atoms with Crippen molar-refractivity contribution < 1.29 is 18.7 Å². The Hall–Kier alpha value is -4.02. The summed E-state index contributed by atoms with van der Waals surface area (Å²) in [4.78, 5) is 31.8. The Labute approximate surface area is 162 Å².